The van der Waals surface area contributed by atoms with E-state index in [1.54, 1.807) is 48.5 Å². The number of benzene rings is 3. The van der Waals surface area contributed by atoms with E-state index in [0.29, 0.717) is 26.4 Å². The minimum atomic E-state index is -1.81. The molecule has 3 rings (SSSR count). The molecule has 3 aromatic carbocycles. The van der Waals surface area contributed by atoms with Gasteiger partial charge in [0.25, 0.3) is 5.91 Å². The Morgan fingerprint density at radius 2 is 1.18 bits per heavy atom. The van der Waals surface area contributed by atoms with E-state index in [4.69, 9.17) is 5.73 Å². The molecular formula is C22H14Br2N2O7. The van der Waals surface area contributed by atoms with E-state index in [1.807, 2.05) is 0 Å². The van der Waals surface area contributed by atoms with E-state index in [2.05, 4.69) is 31.9 Å². The third-order valence-corrected chi connectivity index (χ3v) is 5.65. The van der Waals surface area contributed by atoms with Crippen molar-refractivity contribution in [3.05, 3.63) is 85.8 Å². The van der Waals surface area contributed by atoms with Crippen LogP contribution < -0.4 is 10.6 Å². The number of amides is 2. The Labute approximate surface area is 203 Å². The molecule has 168 valence electrons. The summed E-state index contributed by atoms with van der Waals surface area (Å²) in [5, 5.41) is 29.4. The molecule has 2 amide bonds. The van der Waals surface area contributed by atoms with E-state index >= 15 is 0 Å². The molecule has 0 saturated heterocycles. The summed E-state index contributed by atoms with van der Waals surface area (Å²) >= 11 is 6.59. The number of hydrogen-bond acceptors (Lipinski definition) is 5. The summed E-state index contributed by atoms with van der Waals surface area (Å²) < 4.78 is 1.42. The van der Waals surface area contributed by atoms with Gasteiger partial charge < -0.3 is 21.1 Å². The monoisotopic (exact) mass is 576 g/mol. The average molecular weight is 578 g/mol. The zero-order chi connectivity index (χ0) is 24.4. The minimum Gasteiger partial charge on any atom is -0.506 e. The first-order valence-corrected chi connectivity index (χ1v) is 10.6. The van der Waals surface area contributed by atoms with Gasteiger partial charge in [-0.2, -0.15) is 0 Å². The van der Waals surface area contributed by atoms with Crippen molar-refractivity contribution in [3.63, 3.8) is 0 Å². The number of halogens is 2. The Hall–Kier alpha value is -3.70. The third-order valence-electron chi connectivity index (χ3n) is 4.60. The highest BCUT2D eigenvalue weighted by Gasteiger charge is 2.34. The average Bonchev–Trinajstić information content (AvgIpc) is 2.75. The highest BCUT2D eigenvalue weighted by Crippen LogP contribution is 2.35. The molecule has 0 aromatic heterocycles. The molecule has 9 nitrogen and oxygen atoms in total. The van der Waals surface area contributed by atoms with E-state index in [0.717, 1.165) is 4.90 Å². The lowest BCUT2D eigenvalue weighted by atomic mass is 9.94. The molecule has 0 atom stereocenters. The van der Waals surface area contributed by atoms with Crippen molar-refractivity contribution in [2.75, 3.05) is 4.90 Å². The molecule has 0 heterocycles. The zero-order valence-corrected chi connectivity index (χ0v) is 19.6. The van der Waals surface area contributed by atoms with E-state index in [1.165, 1.54) is 0 Å². The first kappa shape index (κ1) is 24.0. The highest BCUT2D eigenvalue weighted by atomic mass is 79.9. The van der Waals surface area contributed by atoms with Crippen molar-refractivity contribution in [1.82, 2.24) is 0 Å². The van der Waals surface area contributed by atoms with Gasteiger partial charge in [-0.3, -0.25) is 14.5 Å². The molecular weight excluding hydrogens is 564 g/mol. The van der Waals surface area contributed by atoms with Crippen molar-refractivity contribution >= 4 is 67.0 Å². The fourth-order valence-electron chi connectivity index (χ4n) is 3.14. The van der Waals surface area contributed by atoms with Gasteiger partial charge in [-0.15, -0.1) is 0 Å². The lowest BCUT2D eigenvalue weighted by molar-refractivity contribution is 0.0686. The van der Waals surface area contributed by atoms with Crippen LogP contribution in [0, 0.1) is 0 Å². The van der Waals surface area contributed by atoms with Gasteiger partial charge in [0.2, 0.25) is 5.91 Å². The number of carbonyl (C=O) groups is 4. The second-order valence-electron chi connectivity index (χ2n) is 6.64. The van der Waals surface area contributed by atoms with Gasteiger partial charge in [0.15, 0.2) is 0 Å². The molecule has 0 radical (unpaired) electrons. The van der Waals surface area contributed by atoms with Crippen LogP contribution in [0.1, 0.15) is 41.4 Å². The molecule has 0 spiro atoms. The van der Waals surface area contributed by atoms with Gasteiger partial charge >= 0.3 is 11.9 Å². The van der Waals surface area contributed by atoms with Gasteiger partial charge in [-0.25, -0.2) is 9.59 Å². The number of carbonyl (C=O) groups excluding carboxylic acids is 2. The normalized spacial score (nSPS) is 10.5. The standard InChI is InChI=1S/C22H14Br2N2O7/c23-10-1-5-12(6-2-10)26(13-7-3-11(24)4-8-13)20(29)16-14(19(25)28)9-15(21(30)31)18(27)17(16)22(32)33/h1-9,27H,(H2,25,28)(H,30,31)(H,32,33). The second kappa shape index (κ2) is 9.43. The fraction of sp³-hybridized carbons (Fsp3) is 0. The number of hydrogen-bond donors (Lipinski definition) is 4. The zero-order valence-electron chi connectivity index (χ0n) is 16.5. The molecule has 0 fully saturated rings. The maximum absolute atomic E-state index is 13.8. The van der Waals surface area contributed by atoms with Crippen LogP contribution in [0.3, 0.4) is 0 Å². The van der Waals surface area contributed by atoms with Crippen LogP contribution in [0.4, 0.5) is 11.4 Å². The number of primary amides is 1. The van der Waals surface area contributed by atoms with Crippen LogP contribution in [-0.4, -0.2) is 39.1 Å². The summed E-state index contributed by atoms with van der Waals surface area (Å²) in [6.07, 6.45) is 0. The third kappa shape index (κ3) is 4.73. The fourth-order valence-corrected chi connectivity index (χ4v) is 3.66. The number of nitrogens with two attached hydrogens (primary N) is 1. The predicted molar refractivity (Wildman–Crippen MR) is 125 cm³/mol. The van der Waals surface area contributed by atoms with Crippen LogP contribution in [-0.2, 0) is 0 Å². The Morgan fingerprint density at radius 1 is 0.727 bits per heavy atom. The summed E-state index contributed by atoms with van der Waals surface area (Å²) in [6.45, 7) is 0. The smallest absolute Gasteiger partial charge is 0.340 e. The number of rotatable bonds is 6. The van der Waals surface area contributed by atoms with Gasteiger partial charge in [-0.05, 0) is 54.6 Å². The van der Waals surface area contributed by atoms with E-state index in [9.17, 15) is 34.5 Å². The Balaban J connectivity index is 2.37. The van der Waals surface area contributed by atoms with Crippen molar-refractivity contribution in [3.8, 4) is 5.75 Å². The van der Waals surface area contributed by atoms with Gasteiger partial charge in [0.05, 0.1) is 11.1 Å². The number of phenols is 1. The molecule has 33 heavy (non-hydrogen) atoms. The maximum Gasteiger partial charge on any atom is 0.340 e. The first-order chi connectivity index (χ1) is 15.5. The SMILES string of the molecule is NC(=O)c1cc(C(=O)O)c(O)c(C(=O)O)c1C(=O)N(c1ccc(Br)cc1)c1ccc(Br)cc1. The molecule has 3 aromatic rings. The molecule has 11 heteroatoms. The lowest BCUT2D eigenvalue weighted by Gasteiger charge is -2.25. The van der Waals surface area contributed by atoms with Crippen molar-refractivity contribution in [2.45, 2.75) is 0 Å². The number of carboxylic acid groups (broad SMARTS) is 2. The summed E-state index contributed by atoms with van der Waals surface area (Å²) in [6, 6.07) is 13.5. The lowest BCUT2D eigenvalue weighted by Crippen LogP contribution is -2.31. The summed E-state index contributed by atoms with van der Waals surface area (Å²) in [4.78, 5) is 50.5. The van der Waals surface area contributed by atoms with E-state index in [-0.39, 0.29) is 0 Å². The molecule has 0 aliphatic rings. The number of aromatic hydroxyl groups is 1. The predicted octanol–water partition coefficient (Wildman–Crippen LogP) is 4.39. The molecule has 0 unspecified atom stereocenters. The number of anilines is 2. The van der Waals surface area contributed by atoms with Gasteiger partial charge in [0, 0.05) is 20.3 Å². The number of aromatic carboxylic acids is 2. The van der Waals surface area contributed by atoms with Crippen LogP contribution >= 0.6 is 31.9 Å². The highest BCUT2D eigenvalue weighted by molar-refractivity contribution is 9.10. The Kier molecular flexibility index (Phi) is 6.84. The molecule has 0 saturated carbocycles. The quantitative estimate of drug-likeness (QED) is 0.338. The first-order valence-electron chi connectivity index (χ1n) is 9.04. The van der Waals surface area contributed by atoms with Crippen LogP contribution in [0.2, 0.25) is 0 Å². The Bertz CT molecular complexity index is 1240. The van der Waals surface area contributed by atoms with Crippen molar-refractivity contribution < 1.29 is 34.5 Å². The second-order valence-corrected chi connectivity index (χ2v) is 8.47. The summed E-state index contributed by atoms with van der Waals surface area (Å²) in [7, 11) is 0. The van der Waals surface area contributed by atoms with E-state index < -0.39 is 51.8 Å². The molecule has 0 aliphatic carbocycles. The number of nitrogens with zero attached hydrogens (tertiary/aromatic N) is 1. The topological polar surface area (TPSA) is 158 Å². The maximum atomic E-state index is 13.8. The van der Waals surface area contributed by atoms with Crippen molar-refractivity contribution in [1.29, 1.82) is 0 Å². The largest absolute Gasteiger partial charge is 0.506 e. The van der Waals surface area contributed by atoms with Crippen molar-refractivity contribution in [2.24, 2.45) is 5.73 Å². The van der Waals surface area contributed by atoms with Crippen LogP contribution in [0.15, 0.2) is 63.5 Å². The molecule has 0 aliphatic heterocycles. The van der Waals surface area contributed by atoms with Crippen LogP contribution in [0.5, 0.6) is 5.75 Å². The Morgan fingerprint density at radius 3 is 1.55 bits per heavy atom. The number of carboxylic acids is 2. The summed E-state index contributed by atoms with van der Waals surface area (Å²) in [5.41, 5.74) is 2.64. The van der Waals surface area contributed by atoms with Gasteiger partial charge in [-0.1, -0.05) is 31.9 Å². The van der Waals surface area contributed by atoms with Crippen LogP contribution in [0.25, 0.3) is 0 Å². The molecule has 5 N–H and O–H groups in total. The van der Waals surface area contributed by atoms with Gasteiger partial charge in [0.1, 0.15) is 16.9 Å². The minimum absolute atomic E-state index is 0.305. The summed E-state index contributed by atoms with van der Waals surface area (Å²) in [5.74, 6) is -6.94. The molecule has 0 bridgehead atoms.